The molecule has 2 amide bonds. The first-order chi connectivity index (χ1) is 15.9. The van der Waals surface area contributed by atoms with Crippen LogP contribution >= 0.6 is 24.8 Å². The molecule has 0 aliphatic carbocycles. The minimum atomic E-state index is -0.177. The van der Waals surface area contributed by atoms with Crippen LogP contribution in [0.4, 0.5) is 11.4 Å². The number of nitrogens with two attached hydrogens (primary N) is 1. The van der Waals surface area contributed by atoms with Crippen molar-refractivity contribution < 1.29 is 14.3 Å². The first-order valence-corrected chi connectivity index (χ1v) is 11.7. The SMILES string of the molecule is Cc1ccc(N(C)C(=O)c2ccccc2N)c(OCCCCCC(=O)N2CCN(C)CC2)c1.Cl.Cl. The first kappa shape index (κ1) is 30.6. The van der Waals surface area contributed by atoms with Gasteiger partial charge in [-0.1, -0.05) is 18.2 Å². The van der Waals surface area contributed by atoms with Gasteiger partial charge in [-0.3, -0.25) is 9.59 Å². The molecule has 1 fully saturated rings. The van der Waals surface area contributed by atoms with E-state index in [9.17, 15) is 9.59 Å². The number of carbonyl (C=O) groups excluding carboxylic acids is 2. The van der Waals surface area contributed by atoms with E-state index in [-0.39, 0.29) is 36.6 Å². The van der Waals surface area contributed by atoms with Crippen molar-refractivity contribution >= 4 is 48.0 Å². The maximum atomic E-state index is 13.0. The number of anilines is 2. The smallest absolute Gasteiger partial charge is 0.260 e. The molecule has 9 heteroatoms. The van der Waals surface area contributed by atoms with Gasteiger partial charge in [-0.15, -0.1) is 24.8 Å². The third-order valence-electron chi connectivity index (χ3n) is 6.12. The number of likely N-dealkylation sites (N-methyl/N-ethyl adjacent to an activating group) is 1. The fraction of sp³-hybridized carbons (Fsp3) is 0.462. The summed E-state index contributed by atoms with van der Waals surface area (Å²) in [6.07, 6.45) is 3.23. The zero-order valence-electron chi connectivity index (χ0n) is 20.9. The first-order valence-electron chi connectivity index (χ1n) is 11.7. The second-order valence-electron chi connectivity index (χ2n) is 8.77. The molecule has 1 heterocycles. The van der Waals surface area contributed by atoms with E-state index in [0.29, 0.717) is 35.7 Å². The summed E-state index contributed by atoms with van der Waals surface area (Å²) in [5.41, 5.74) is 8.69. The van der Waals surface area contributed by atoms with Gasteiger partial charge in [0.05, 0.1) is 17.9 Å². The lowest BCUT2D eigenvalue weighted by molar-refractivity contribution is -0.132. The number of amides is 2. The van der Waals surface area contributed by atoms with Crippen molar-refractivity contribution in [3.05, 3.63) is 53.6 Å². The molecule has 2 aromatic rings. The van der Waals surface area contributed by atoms with E-state index in [4.69, 9.17) is 10.5 Å². The number of nitrogen functional groups attached to an aromatic ring is 1. The summed E-state index contributed by atoms with van der Waals surface area (Å²) in [5.74, 6) is 0.753. The molecule has 1 aliphatic heterocycles. The molecule has 0 aromatic heterocycles. The van der Waals surface area contributed by atoms with Crippen LogP contribution in [0.25, 0.3) is 0 Å². The molecule has 194 valence electrons. The van der Waals surface area contributed by atoms with Crippen LogP contribution in [0, 0.1) is 6.92 Å². The minimum Gasteiger partial charge on any atom is -0.491 e. The van der Waals surface area contributed by atoms with Gasteiger partial charge in [-0.05, 0) is 63.1 Å². The van der Waals surface area contributed by atoms with Crippen molar-refractivity contribution in [3.63, 3.8) is 0 Å². The molecular formula is C26H38Cl2N4O3. The number of benzene rings is 2. The Bertz CT molecular complexity index is 965. The van der Waals surface area contributed by atoms with Crippen LogP contribution in [0.5, 0.6) is 5.75 Å². The average molecular weight is 526 g/mol. The Kier molecular flexibility index (Phi) is 12.9. The number of unbranched alkanes of at least 4 members (excludes halogenated alkanes) is 2. The van der Waals surface area contributed by atoms with Crippen molar-refractivity contribution in [1.82, 2.24) is 9.80 Å². The van der Waals surface area contributed by atoms with Crippen LogP contribution in [-0.2, 0) is 4.79 Å². The molecule has 7 nitrogen and oxygen atoms in total. The Labute approximate surface area is 221 Å². The zero-order valence-corrected chi connectivity index (χ0v) is 22.5. The van der Waals surface area contributed by atoms with Gasteiger partial charge in [-0.25, -0.2) is 0 Å². The summed E-state index contributed by atoms with van der Waals surface area (Å²) in [7, 11) is 3.82. The van der Waals surface area contributed by atoms with E-state index >= 15 is 0 Å². The van der Waals surface area contributed by atoms with Gasteiger partial charge in [0.25, 0.3) is 5.91 Å². The largest absolute Gasteiger partial charge is 0.491 e. The highest BCUT2D eigenvalue weighted by atomic mass is 35.5. The molecule has 0 bridgehead atoms. The van der Waals surface area contributed by atoms with E-state index in [0.717, 1.165) is 51.0 Å². The number of halogens is 2. The number of piperazine rings is 1. The highest BCUT2D eigenvalue weighted by Crippen LogP contribution is 2.30. The molecule has 35 heavy (non-hydrogen) atoms. The van der Waals surface area contributed by atoms with E-state index < -0.39 is 0 Å². The zero-order chi connectivity index (χ0) is 23.8. The van der Waals surface area contributed by atoms with Crippen LogP contribution in [0.2, 0.25) is 0 Å². The third kappa shape index (κ3) is 8.60. The number of hydrogen-bond donors (Lipinski definition) is 1. The van der Waals surface area contributed by atoms with Crippen LogP contribution in [0.15, 0.2) is 42.5 Å². The monoisotopic (exact) mass is 524 g/mol. The fourth-order valence-electron chi connectivity index (χ4n) is 3.95. The maximum absolute atomic E-state index is 13.0. The molecule has 0 saturated carbocycles. The Morgan fingerprint density at radius 2 is 1.69 bits per heavy atom. The van der Waals surface area contributed by atoms with Gasteiger partial charge in [0, 0.05) is 45.3 Å². The van der Waals surface area contributed by atoms with Crippen LogP contribution in [-0.4, -0.2) is 68.5 Å². The molecule has 2 N–H and O–H groups in total. The number of hydrogen-bond acceptors (Lipinski definition) is 5. The van der Waals surface area contributed by atoms with Crippen LogP contribution in [0.3, 0.4) is 0 Å². The maximum Gasteiger partial charge on any atom is 0.260 e. The minimum absolute atomic E-state index is 0. The highest BCUT2D eigenvalue weighted by Gasteiger charge is 2.20. The normalized spacial score (nSPS) is 13.4. The summed E-state index contributed by atoms with van der Waals surface area (Å²) >= 11 is 0. The molecule has 1 aliphatic rings. The molecule has 0 spiro atoms. The summed E-state index contributed by atoms with van der Waals surface area (Å²) in [6, 6.07) is 12.9. The predicted octanol–water partition coefficient (Wildman–Crippen LogP) is 4.41. The fourth-order valence-corrected chi connectivity index (χ4v) is 3.95. The van der Waals surface area contributed by atoms with Gasteiger partial charge in [0.2, 0.25) is 5.91 Å². The second kappa shape index (κ2) is 14.8. The summed E-state index contributed by atoms with van der Waals surface area (Å²) in [4.78, 5) is 31.1. The van der Waals surface area contributed by atoms with Crippen LogP contribution < -0.4 is 15.4 Å². The van der Waals surface area contributed by atoms with E-state index in [2.05, 4.69) is 11.9 Å². The molecule has 1 saturated heterocycles. The van der Waals surface area contributed by atoms with Crippen molar-refractivity contribution in [2.75, 3.05) is 57.5 Å². The summed E-state index contributed by atoms with van der Waals surface area (Å²) in [5, 5.41) is 0. The average Bonchev–Trinajstić information content (AvgIpc) is 2.81. The molecule has 2 aromatic carbocycles. The van der Waals surface area contributed by atoms with Crippen molar-refractivity contribution in [3.8, 4) is 5.75 Å². The molecule has 0 unspecified atom stereocenters. The Morgan fingerprint density at radius 3 is 2.37 bits per heavy atom. The quantitative estimate of drug-likeness (QED) is 0.388. The summed E-state index contributed by atoms with van der Waals surface area (Å²) in [6.45, 7) is 6.09. The Morgan fingerprint density at radius 1 is 1.00 bits per heavy atom. The number of para-hydroxylation sites is 1. The predicted molar refractivity (Wildman–Crippen MR) is 147 cm³/mol. The van der Waals surface area contributed by atoms with Crippen molar-refractivity contribution in [2.45, 2.75) is 32.6 Å². The molecular weight excluding hydrogens is 487 g/mol. The van der Waals surface area contributed by atoms with Gasteiger partial charge in [0.15, 0.2) is 0 Å². The van der Waals surface area contributed by atoms with Gasteiger partial charge < -0.3 is 25.2 Å². The number of ether oxygens (including phenoxy) is 1. The van der Waals surface area contributed by atoms with Gasteiger partial charge >= 0.3 is 0 Å². The van der Waals surface area contributed by atoms with Gasteiger partial charge in [-0.2, -0.15) is 0 Å². The summed E-state index contributed by atoms with van der Waals surface area (Å²) < 4.78 is 6.06. The van der Waals surface area contributed by atoms with Crippen LogP contribution in [0.1, 0.15) is 41.6 Å². The standard InChI is InChI=1S/C26H36N4O3.2ClH/c1-20-12-13-23(29(3)26(32)21-9-6-7-10-22(21)27)24(19-20)33-18-8-4-5-11-25(31)30-16-14-28(2)15-17-30;;/h6-7,9-10,12-13,19H,4-5,8,11,14-18,27H2,1-3H3;2*1H. The second-order valence-corrected chi connectivity index (χ2v) is 8.77. The van der Waals surface area contributed by atoms with Crippen molar-refractivity contribution in [1.29, 1.82) is 0 Å². The van der Waals surface area contributed by atoms with E-state index in [1.807, 2.05) is 36.1 Å². The lowest BCUT2D eigenvalue weighted by Crippen LogP contribution is -2.47. The lowest BCUT2D eigenvalue weighted by Gasteiger charge is -2.32. The Hall–Kier alpha value is -2.48. The number of aryl methyl sites for hydroxylation is 1. The lowest BCUT2D eigenvalue weighted by atomic mass is 10.1. The Balaban J connectivity index is 0.00000306. The number of nitrogens with zero attached hydrogens (tertiary/aromatic N) is 3. The molecule has 3 rings (SSSR count). The van der Waals surface area contributed by atoms with Gasteiger partial charge in [0.1, 0.15) is 5.75 Å². The van der Waals surface area contributed by atoms with E-state index in [1.165, 1.54) is 0 Å². The molecule has 0 atom stereocenters. The topological polar surface area (TPSA) is 79.1 Å². The number of carbonyl (C=O) groups is 2. The van der Waals surface area contributed by atoms with Crippen molar-refractivity contribution in [2.24, 2.45) is 0 Å². The highest BCUT2D eigenvalue weighted by molar-refractivity contribution is 6.09. The molecule has 0 radical (unpaired) electrons. The number of rotatable bonds is 9. The third-order valence-corrected chi connectivity index (χ3v) is 6.12. The van der Waals surface area contributed by atoms with E-state index in [1.54, 1.807) is 30.1 Å².